The molecule has 1 amide bonds. The third kappa shape index (κ3) is 3.52. The molecule has 1 aromatic rings. The maximum absolute atomic E-state index is 13.2. The van der Waals surface area contributed by atoms with Crippen LogP contribution < -0.4 is 10.2 Å². The number of carbonyl (C=O) groups excluding carboxylic acids is 2. The summed E-state index contributed by atoms with van der Waals surface area (Å²) in [7, 11) is 0. The Labute approximate surface area is 153 Å². The standard InChI is InChI=1S/C15H18F3N3O4.ClH/c1-2-24-11(22)9-10(15(16,17)18)20-13(25-9)21-8-5-14(12(21)23)3-6-19-7-4-14;/h19H,2-8H2,1H3;1H. The molecule has 0 bridgehead atoms. The lowest BCUT2D eigenvalue weighted by Gasteiger charge is -2.31. The number of piperidine rings is 1. The summed E-state index contributed by atoms with van der Waals surface area (Å²) in [5.74, 6) is -2.58. The Hall–Kier alpha value is -1.81. The summed E-state index contributed by atoms with van der Waals surface area (Å²) in [4.78, 5) is 29.0. The van der Waals surface area contributed by atoms with E-state index in [1.54, 1.807) is 0 Å². The minimum Gasteiger partial charge on any atom is -0.460 e. The lowest BCUT2D eigenvalue weighted by Crippen LogP contribution is -2.42. The molecule has 0 unspecified atom stereocenters. The highest BCUT2D eigenvalue weighted by Crippen LogP contribution is 2.43. The maximum Gasteiger partial charge on any atom is 0.437 e. The van der Waals surface area contributed by atoms with Crippen LogP contribution in [-0.4, -0.2) is 43.1 Å². The monoisotopic (exact) mass is 397 g/mol. The second kappa shape index (κ2) is 7.43. The quantitative estimate of drug-likeness (QED) is 0.788. The van der Waals surface area contributed by atoms with Gasteiger partial charge in [0.05, 0.1) is 12.0 Å². The predicted octanol–water partition coefficient (Wildman–Crippen LogP) is 2.40. The Morgan fingerprint density at radius 1 is 1.35 bits per heavy atom. The van der Waals surface area contributed by atoms with E-state index in [9.17, 15) is 22.8 Å². The van der Waals surface area contributed by atoms with Gasteiger partial charge < -0.3 is 14.5 Å². The number of hydrogen-bond acceptors (Lipinski definition) is 6. The first-order valence-corrected chi connectivity index (χ1v) is 8.06. The van der Waals surface area contributed by atoms with Crippen molar-refractivity contribution in [3.63, 3.8) is 0 Å². The van der Waals surface area contributed by atoms with Crippen LogP contribution in [0.15, 0.2) is 4.42 Å². The Kier molecular flexibility index (Phi) is 5.86. The average Bonchev–Trinajstić information content (AvgIpc) is 3.12. The molecule has 26 heavy (non-hydrogen) atoms. The van der Waals surface area contributed by atoms with Gasteiger partial charge in [0.2, 0.25) is 11.7 Å². The van der Waals surface area contributed by atoms with Gasteiger partial charge in [-0.15, -0.1) is 12.4 Å². The van der Waals surface area contributed by atoms with Crippen LogP contribution in [-0.2, 0) is 15.7 Å². The number of carbonyl (C=O) groups is 2. The highest BCUT2D eigenvalue weighted by molar-refractivity contribution is 5.99. The van der Waals surface area contributed by atoms with Gasteiger partial charge in [0.25, 0.3) is 0 Å². The van der Waals surface area contributed by atoms with E-state index in [0.29, 0.717) is 32.4 Å². The first-order valence-electron chi connectivity index (χ1n) is 8.06. The Morgan fingerprint density at radius 3 is 2.58 bits per heavy atom. The summed E-state index contributed by atoms with van der Waals surface area (Å²) in [5.41, 5.74) is -2.07. The number of oxazole rings is 1. The number of aromatic nitrogens is 1. The molecule has 11 heteroatoms. The van der Waals surface area contributed by atoms with Crippen molar-refractivity contribution in [2.75, 3.05) is 31.1 Å². The van der Waals surface area contributed by atoms with Gasteiger partial charge in [-0.2, -0.15) is 18.2 Å². The van der Waals surface area contributed by atoms with E-state index in [-0.39, 0.29) is 31.5 Å². The fraction of sp³-hybridized carbons (Fsp3) is 0.667. The molecule has 2 aliphatic heterocycles. The summed E-state index contributed by atoms with van der Waals surface area (Å²) >= 11 is 0. The zero-order chi connectivity index (χ0) is 18.2. The summed E-state index contributed by atoms with van der Waals surface area (Å²) < 4.78 is 49.1. The van der Waals surface area contributed by atoms with Crippen LogP contribution in [0.3, 0.4) is 0 Å². The molecule has 1 spiro atoms. The molecule has 2 fully saturated rings. The molecule has 3 heterocycles. The smallest absolute Gasteiger partial charge is 0.437 e. The number of anilines is 1. The molecular weight excluding hydrogens is 379 g/mol. The molecule has 1 N–H and O–H groups in total. The number of rotatable bonds is 3. The van der Waals surface area contributed by atoms with Gasteiger partial charge in [0, 0.05) is 6.54 Å². The van der Waals surface area contributed by atoms with Crippen molar-refractivity contribution < 1.29 is 31.9 Å². The summed E-state index contributed by atoms with van der Waals surface area (Å²) in [6.45, 7) is 2.91. The van der Waals surface area contributed by atoms with Gasteiger partial charge in [0.15, 0.2) is 5.69 Å². The molecule has 146 valence electrons. The number of hydrogen-bond donors (Lipinski definition) is 1. The number of ether oxygens (including phenoxy) is 1. The van der Waals surface area contributed by atoms with Gasteiger partial charge in [0.1, 0.15) is 0 Å². The van der Waals surface area contributed by atoms with Crippen molar-refractivity contribution in [2.24, 2.45) is 5.41 Å². The van der Waals surface area contributed by atoms with E-state index in [4.69, 9.17) is 4.42 Å². The molecule has 0 saturated carbocycles. The number of esters is 1. The zero-order valence-electron chi connectivity index (χ0n) is 14.0. The first-order chi connectivity index (χ1) is 11.8. The van der Waals surface area contributed by atoms with Crippen molar-refractivity contribution in [1.29, 1.82) is 0 Å². The van der Waals surface area contributed by atoms with Gasteiger partial charge in [-0.05, 0) is 39.3 Å². The molecule has 3 rings (SSSR count). The van der Waals surface area contributed by atoms with E-state index < -0.39 is 35.0 Å². The minimum atomic E-state index is -4.89. The van der Waals surface area contributed by atoms with Crippen LogP contribution in [0.4, 0.5) is 19.2 Å². The molecule has 1 aromatic heterocycles. The second-order valence-corrected chi connectivity index (χ2v) is 6.13. The number of alkyl halides is 3. The third-order valence-corrected chi connectivity index (χ3v) is 4.65. The lowest BCUT2D eigenvalue weighted by molar-refractivity contribution is -0.141. The van der Waals surface area contributed by atoms with Crippen molar-refractivity contribution in [3.8, 4) is 0 Å². The van der Waals surface area contributed by atoms with Gasteiger partial charge in [-0.25, -0.2) is 4.79 Å². The minimum absolute atomic E-state index is 0. The summed E-state index contributed by atoms with van der Waals surface area (Å²) in [5, 5.41) is 3.15. The van der Waals surface area contributed by atoms with E-state index >= 15 is 0 Å². The second-order valence-electron chi connectivity index (χ2n) is 6.13. The van der Waals surface area contributed by atoms with Crippen LogP contribution in [0.5, 0.6) is 0 Å². The Balaban J connectivity index is 0.00000243. The molecule has 0 aromatic carbocycles. The van der Waals surface area contributed by atoms with Crippen LogP contribution in [0.2, 0.25) is 0 Å². The van der Waals surface area contributed by atoms with Crippen LogP contribution >= 0.6 is 12.4 Å². The molecular formula is C15H19ClF3N3O4. The van der Waals surface area contributed by atoms with Gasteiger partial charge >= 0.3 is 18.2 Å². The van der Waals surface area contributed by atoms with Crippen molar-refractivity contribution in [1.82, 2.24) is 10.3 Å². The fourth-order valence-corrected chi connectivity index (χ4v) is 3.32. The molecule has 0 atom stereocenters. The van der Waals surface area contributed by atoms with E-state index in [1.807, 2.05) is 0 Å². The van der Waals surface area contributed by atoms with E-state index in [1.165, 1.54) is 6.92 Å². The predicted molar refractivity (Wildman–Crippen MR) is 86.2 cm³/mol. The molecule has 2 aliphatic rings. The highest BCUT2D eigenvalue weighted by Gasteiger charge is 2.50. The normalized spacial score (nSPS) is 19.5. The van der Waals surface area contributed by atoms with E-state index in [0.717, 1.165) is 4.90 Å². The number of halogens is 4. The fourth-order valence-electron chi connectivity index (χ4n) is 3.32. The van der Waals surface area contributed by atoms with Crippen LogP contribution in [0.25, 0.3) is 0 Å². The van der Waals surface area contributed by atoms with Gasteiger partial charge in [-0.3, -0.25) is 9.69 Å². The number of nitrogens with zero attached hydrogens (tertiary/aromatic N) is 2. The highest BCUT2D eigenvalue weighted by atomic mass is 35.5. The Bertz CT molecular complexity index is 686. The van der Waals surface area contributed by atoms with Crippen molar-refractivity contribution in [2.45, 2.75) is 32.4 Å². The third-order valence-electron chi connectivity index (χ3n) is 4.65. The largest absolute Gasteiger partial charge is 0.460 e. The summed E-state index contributed by atoms with van der Waals surface area (Å²) in [6, 6.07) is -0.504. The number of nitrogens with one attached hydrogen (secondary N) is 1. The van der Waals surface area contributed by atoms with E-state index in [2.05, 4.69) is 15.0 Å². The molecule has 0 aliphatic carbocycles. The summed E-state index contributed by atoms with van der Waals surface area (Å²) in [6.07, 6.45) is -3.15. The number of amides is 1. The van der Waals surface area contributed by atoms with Crippen molar-refractivity contribution >= 4 is 30.3 Å². The first kappa shape index (κ1) is 20.5. The van der Waals surface area contributed by atoms with Gasteiger partial charge in [-0.1, -0.05) is 0 Å². The molecule has 7 nitrogen and oxygen atoms in total. The van der Waals surface area contributed by atoms with Crippen molar-refractivity contribution in [3.05, 3.63) is 11.5 Å². The SMILES string of the molecule is CCOC(=O)c1oc(N2CCC3(CCNCC3)C2=O)nc1C(F)(F)F.Cl. The van der Waals surface area contributed by atoms with Crippen LogP contribution in [0, 0.1) is 5.41 Å². The lowest BCUT2D eigenvalue weighted by atomic mass is 9.78. The van der Waals surface area contributed by atoms with Crippen LogP contribution in [0.1, 0.15) is 42.4 Å². The molecule has 2 saturated heterocycles. The molecule has 0 radical (unpaired) electrons. The zero-order valence-corrected chi connectivity index (χ0v) is 14.8. The Morgan fingerprint density at radius 2 is 2.00 bits per heavy atom. The topological polar surface area (TPSA) is 84.7 Å². The maximum atomic E-state index is 13.2. The average molecular weight is 398 g/mol.